The summed E-state index contributed by atoms with van der Waals surface area (Å²) in [6.07, 6.45) is 5.87. The van der Waals surface area contributed by atoms with Gasteiger partial charge in [-0.05, 0) is 36.6 Å². The molecule has 0 saturated carbocycles. The number of amides is 1. The number of carboxylic acids is 1. The summed E-state index contributed by atoms with van der Waals surface area (Å²) < 4.78 is 1.91. The fraction of sp³-hybridized carbons (Fsp3) is 0.353. The Balaban J connectivity index is 1.66. The predicted octanol–water partition coefficient (Wildman–Crippen LogP) is 1.99. The van der Waals surface area contributed by atoms with Crippen LogP contribution in [0.2, 0.25) is 0 Å². The highest BCUT2D eigenvalue weighted by atomic mass is 16.4. The Morgan fingerprint density at radius 3 is 2.91 bits per heavy atom. The van der Waals surface area contributed by atoms with E-state index in [0.717, 1.165) is 24.9 Å². The Kier molecular flexibility index (Phi) is 4.41. The lowest BCUT2D eigenvalue weighted by Crippen LogP contribution is -2.41. The van der Waals surface area contributed by atoms with E-state index in [1.807, 2.05) is 21.8 Å². The molecule has 23 heavy (non-hydrogen) atoms. The lowest BCUT2D eigenvalue weighted by molar-refractivity contribution is -0.132. The quantitative estimate of drug-likeness (QED) is 0.936. The van der Waals surface area contributed by atoms with Crippen molar-refractivity contribution in [2.75, 3.05) is 13.1 Å². The summed E-state index contributed by atoms with van der Waals surface area (Å²) in [6, 6.07) is 8.67. The molecule has 1 unspecified atom stereocenters. The number of piperidine rings is 1. The van der Waals surface area contributed by atoms with Crippen molar-refractivity contribution in [1.82, 2.24) is 14.7 Å². The molecule has 2 aromatic rings. The average Bonchev–Trinajstić information content (AvgIpc) is 3.10. The SMILES string of the molecule is O=C(O)c1cccc(CC(=O)N2CCCC(n3cccn3)C2)c1. The Labute approximate surface area is 134 Å². The molecule has 1 fully saturated rings. The molecule has 120 valence electrons. The number of carbonyl (C=O) groups is 2. The minimum Gasteiger partial charge on any atom is -0.478 e. The average molecular weight is 313 g/mol. The number of benzene rings is 1. The van der Waals surface area contributed by atoms with Gasteiger partial charge in [-0.2, -0.15) is 5.10 Å². The zero-order valence-electron chi connectivity index (χ0n) is 12.8. The summed E-state index contributed by atoms with van der Waals surface area (Å²) in [5, 5.41) is 13.3. The molecule has 1 atom stereocenters. The van der Waals surface area contributed by atoms with Crippen molar-refractivity contribution in [2.45, 2.75) is 25.3 Å². The molecule has 0 aliphatic carbocycles. The van der Waals surface area contributed by atoms with Gasteiger partial charge in [0.25, 0.3) is 0 Å². The van der Waals surface area contributed by atoms with Crippen LogP contribution in [0.1, 0.15) is 34.8 Å². The van der Waals surface area contributed by atoms with Crippen LogP contribution in [0.4, 0.5) is 0 Å². The Morgan fingerprint density at radius 1 is 1.30 bits per heavy atom. The third kappa shape index (κ3) is 3.59. The van der Waals surface area contributed by atoms with E-state index in [4.69, 9.17) is 5.11 Å². The summed E-state index contributed by atoms with van der Waals surface area (Å²) in [6.45, 7) is 1.40. The van der Waals surface area contributed by atoms with Gasteiger partial charge in [-0.1, -0.05) is 12.1 Å². The van der Waals surface area contributed by atoms with Gasteiger partial charge in [-0.25, -0.2) is 4.79 Å². The van der Waals surface area contributed by atoms with Gasteiger partial charge >= 0.3 is 5.97 Å². The van der Waals surface area contributed by atoms with Crippen molar-refractivity contribution >= 4 is 11.9 Å². The molecule has 1 aromatic heterocycles. The molecule has 1 saturated heterocycles. The number of aromatic nitrogens is 2. The molecule has 1 aliphatic heterocycles. The van der Waals surface area contributed by atoms with Crippen molar-refractivity contribution < 1.29 is 14.7 Å². The van der Waals surface area contributed by atoms with Crippen LogP contribution < -0.4 is 0 Å². The van der Waals surface area contributed by atoms with Crippen LogP contribution in [0.3, 0.4) is 0 Å². The smallest absolute Gasteiger partial charge is 0.335 e. The third-order valence-corrected chi connectivity index (χ3v) is 4.18. The normalized spacial score (nSPS) is 17.9. The van der Waals surface area contributed by atoms with E-state index in [1.165, 1.54) is 6.07 Å². The first-order valence-electron chi connectivity index (χ1n) is 7.72. The molecular formula is C17H19N3O3. The zero-order valence-corrected chi connectivity index (χ0v) is 12.8. The molecule has 1 N–H and O–H groups in total. The van der Waals surface area contributed by atoms with E-state index in [1.54, 1.807) is 24.4 Å². The first-order valence-corrected chi connectivity index (χ1v) is 7.72. The van der Waals surface area contributed by atoms with Gasteiger partial charge in [0.15, 0.2) is 0 Å². The molecule has 6 nitrogen and oxygen atoms in total. The molecule has 1 amide bonds. The second-order valence-corrected chi connectivity index (χ2v) is 5.80. The first-order chi connectivity index (χ1) is 11.1. The number of aromatic carboxylic acids is 1. The maximum absolute atomic E-state index is 12.5. The summed E-state index contributed by atoms with van der Waals surface area (Å²) in [4.78, 5) is 25.4. The number of likely N-dealkylation sites (tertiary alicyclic amines) is 1. The molecular weight excluding hydrogens is 294 g/mol. The largest absolute Gasteiger partial charge is 0.478 e. The summed E-state index contributed by atoms with van der Waals surface area (Å²) >= 11 is 0. The molecule has 0 bridgehead atoms. The molecule has 0 spiro atoms. The van der Waals surface area contributed by atoms with Gasteiger partial charge in [0.05, 0.1) is 18.0 Å². The second-order valence-electron chi connectivity index (χ2n) is 5.80. The lowest BCUT2D eigenvalue weighted by atomic mass is 10.0. The summed E-state index contributed by atoms with van der Waals surface area (Å²) in [5.74, 6) is -0.944. The van der Waals surface area contributed by atoms with E-state index in [2.05, 4.69) is 5.10 Å². The van der Waals surface area contributed by atoms with E-state index < -0.39 is 5.97 Å². The highest BCUT2D eigenvalue weighted by Gasteiger charge is 2.25. The fourth-order valence-corrected chi connectivity index (χ4v) is 2.99. The van der Waals surface area contributed by atoms with E-state index in [0.29, 0.717) is 6.54 Å². The number of hydrogen-bond acceptors (Lipinski definition) is 3. The number of hydrogen-bond donors (Lipinski definition) is 1. The number of rotatable bonds is 4. The first kappa shape index (κ1) is 15.3. The van der Waals surface area contributed by atoms with Crippen LogP contribution in [0.5, 0.6) is 0 Å². The molecule has 1 aromatic carbocycles. The molecule has 2 heterocycles. The second kappa shape index (κ2) is 6.64. The van der Waals surface area contributed by atoms with Crippen LogP contribution in [0.25, 0.3) is 0 Å². The van der Waals surface area contributed by atoms with Gasteiger partial charge in [0.1, 0.15) is 0 Å². The zero-order chi connectivity index (χ0) is 16.2. The summed E-state index contributed by atoms with van der Waals surface area (Å²) in [7, 11) is 0. The van der Waals surface area contributed by atoms with Crippen LogP contribution in [-0.2, 0) is 11.2 Å². The van der Waals surface area contributed by atoms with Crippen molar-refractivity contribution in [3.8, 4) is 0 Å². The van der Waals surface area contributed by atoms with Crippen molar-refractivity contribution in [2.24, 2.45) is 0 Å². The molecule has 3 rings (SSSR count). The van der Waals surface area contributed by atoms with E-state index in [9.17, 15) is 9.59 Å². The van der Waals surface area contributed by atoms with E-state index >= 15 is 0 Å². The van der Waals surface area contributed by atoms with Gasteiger partial charge in [-0.15, -0.1) is 0 Å². The highest BCUT2D eigenvalue weighted by Crippen LogP contribution is 2.21. The van der Waals surface area contributed by atoms with Crippen molar-refractivity contribution in [1.29, 1.82) is 0 Å². The standard InChI is InChI=1S/C17H19N3O3/c21-16(11-13-4-1-5-14(10-13)17(22)23)19-8-2-6-15(12-19)20-9-3-7-18-20/h1,3-5,7,9-10,15H,2,6,8,11-12H2,(H,22,23). The van der Waals surface area contributed by atoms with Gasteiger partial charge in [0.2, 0.25) is 5.91 Å². The Morgan fingerprint density at radius 2 is 2.17 bits per heavy atom. The van der Waals surface area contributed by atoms with Gasteiger partial charge < -0.3 is 10.0 Å². The minimum atomic E-state index is -0.976. The van der Waals surface area contributed by atoms with Crippen molar-refractivity contribution in [3.05, 3.63) is 53.9 Å². The number of carbonyl (C=O) groups excluding carboxylic acids is 1. The van der Waals surface area contributed by atoms with Gasteiger partial charge in [-0.3, -0.25) is 9.48 Å². The molecule has 0 radical (unpaired) electrons. The van der Waals surface area contributed by atoms with Crippen LogP contribution in [0.15, 0.2) is 42.7 Å². The topological polar surface area (TPSA) is 75.4 Å². The molecule has 6 heteroatoms. The summed E-state index contributed by atoms with van der Waals surface area (Å²) in [5.41, 5.74) is 0.944. The molecule has 1 aliphatic rings. The highest BCUT2D eigenvalue weighted by molar-refractivity contribution is 5.88. The van der Waals surface area contributed by atoms with E-state index in [-0.39, 0.29) is 23.9 Å². The van der Waals surface area contributed by atoms with Crippen LogP contribution in [-0.4, -0.2) is 44.8 Å². The van der Waals surface area contributed by atoms with Crippen molar-refractivity contribution in [3.63, 3.8) is 0 Å². The van der Waals surface area contributed by atoms with Gasteiger partial charge in [0, 0.05) is 25.5 Å². The maximum Gasteiger partial charge on any atom is 0.335 e. The van der Waals surface area contributed by atoms with Crippen LogP contribution in [0, 0.1) is 0 Å². The third-order valence-electron chi connectivity index (χ3n) is 4.18. The Hall–Kier alpha value is -2.63. The number of carboxylic acid groups (broad SMARTS) is 1. The lowest BCUT2D eigenvalue weighted by Gasteiger charge is -2.33. The Bertz CT molecular complexity index is 697. The fourth-order valence-electron chi connectivity index (χ4n) is 2.99. The maximum atomic E-state index is 12.5. The predicted molar refractivity (Wildman–Crippen MR) is 84.2 cm³/mol. The minimum absolute atomic E-state index is 0.0318. The monoisotopic (exact) mass is 313 g/mol. The number of nitrogens with zero attached hydrogens (tertiary/aromatic N) is 3. The van der Waals surface area contributed by atoms with Crippen LogP contribution >= 0.6 is 0 Å².